The molecule has 3 aliphatic heterocycles. The zero-order valence-electron chi connectivity index (χ0n) is 11.7. The number of thiazole rings is 1. The number of hydrogen-bond acceptors (Lipinski definition) is 4. The van der Waals surface area contributed by atoms with Gasteiger partial charge in [-0.05, 0) is 44.0 Å². The van der Waals surface area contributed by atoms with E-state index in [0.717, 1.165) is 24.4 Å². The Bertz CT molecular complexity index is 553. The fourth-order valence-corrected chi connectivity index (χ4v) is 4.55. The van der Waals surface area contributed by atoms with Crippen molar-refractivity contribution in [3.8, 4) is 0 Å². The van der Waals surface area contributed by atoms with Crippen LogP contribution < -0.4 is 5.32 Å². The van der Waals surface area contributed by atoms with Gasteiger partial charge in [0.25, 0.3) is 0 Å². The van der Waals surface area contributed by atoms with Gasteiger partial charge < -0.3 is 10.2 Å². The zero-order valence-corrected chi connectivity index (χ0v) is 12.5. The van der Waals surface area contributed by atoms with E-state index in [2.05, 4.69) is 34.5 Å². The van der Waals surface area contributed by atoms with Gasteiger partial charge in [0.2, 0.25) is 0 Å². The van der Waals surface area contributed by atoms with E-state index < -0.39 is 0 Å². The Morgan fingerprint density at radius 2 is 2.10 bits per heavy atom. The molecule has 2 bridgehead atoms. The Balaban J connectivity index is 1.34. The molecule has 1 aromatic carbocycles. The number of benzene rings is 1. The maximum absolute atomic E-state index is 4.71. The highest BCUT2D eigenvalue weighted by atomic mass is 32.1. The molecular formula is C16H21N3S. The van der Waals surface area contributed by atoms with Crippen molar-refractivity contribution in [3.05, 3.63) is 29.3 Å². The van der Waals surface area contributed by atoms with Gasteiger partial charge in [0, 0.05) is 25.6 Å². The molecule has 1 unspecified atom stereocenters. The Labute approximate surface area is 124 Å². The Morgan fingerprint density at radius 3 is 2.85 bits per heavy atom. The first-order valence-electron chi connectivity index (χ1n) is 7.69. The van der Waals surface area contributed by atoms with Gasteiger partial charge in [0.15, 0.2) is 0 Å². The van der Waals surface area contributed by atoms with Gasteiger partial charge in [0.1, 0.15) is 0 Å². The molecule has 0 spiro atoms. The third-order valence-corrected chi connectivity index (χ3v) is 5.84. The minimum Gasteiger partial charge on any atom is -0.312 e. The second-order valence-electron chi connectivity index (χ2n) is 6.02. The molecule has 20 heavy (non-hydrogen) atoms. The van der Waals surface area contributed by atoms with Gasteiger partial charge in [-0.2, -0.15) is 0 Å². The molecule has 3 fully saturated rings. The Hall–Kier alpha value is -0.970. The number of nitrogens with one attached hydrogen (secondary N) is 1. The van der Waals surface area contributed by atoms with Crippen molar-refractivity contribution >= 4 is 21.6 Å². The molecule has 106 valence electrons. The van der Waals surface area contributed by atoms with E-state index in [4.69, 9.17) is 4.98 Å². The molecule has 0 amide bonds. The van der Waals surface area contributed by atoms with Crippen molar-refractivity contribution in [1.82, 2.24) is 15.2 Å². The van der Waals surface area contributed by atoms with Gasteiger partial charge in [-0.15, -0.1) is 11.3 Å². The van der Waals surface area contributed by atoms with Gasteiger partial charge in [0.05, 0.1) is 15.2 Å². The second kappa shape index (κ2) is 5.43. The number of aromatic nitrogens is 1. The number of fused-ring (bicyclic) bond motifs is 4. The maximum Gasteiger partial charge on any atom is 0.0951 e. The van der Waals surface area contributed by atoms with Crippen molar-refractivity contribution in [2.24, 2.45) is 5.92 Å². The largest absolute Gasteiger partial charge is 0.312 e. The van der Waals surface area contributed by atoms with Crippen LogP contribution in [-0.4, -0.2) is 42.1 Å². The smallest absolute Gasteiger partial charge is 0.0951 e. The molecule has 0 saturated carbocycles. The summed E-state index contributed by atoms with van der Waals surface area (Å²) in [4.78, 5) is 7.32. The lowest BCUT2D eigenvalue weighted by Gasteiger charge is -2.45. The second-order valence-corrected chi connectivity index (χ2v) is 7.14. The monoisotopic (exact) mass is 287 g/mol. The standard InChI is InChI=1S/C16H21N3S/c1-2-4-15-13(3-1)18-16(20-15)5-8-17-14-11-19-9-6-12(14)7-10-19/h1-4,12,14,17H,5-11H2. The molecule has 5 rings (SSSR count). The molecule has 0 radical (unpaired) electrons. The van der Waals surface area contributed by atoms with Gasteiger partial charge in [-0.1, -0.05) is 12.1 Å². The molecule has 0 aliphatic carbocycles. The summed E-state index contributed by atoms with van der Waals surface area (Å²) >= 11 is 1.84. The van der Waals surface area contributed by atoms with Gasteiger partial charge >= 0.3 is 0 Å². The van der Waals surface area contributed by atoms with E-state index in [1.165, 1.54) is 42.2 Å². The molecule has 4 heterocycles. The van der Waals surface area contributed by atoms with Crippen LogP contribution in [0.4, 0.5) is 0 Å². The van der Waals surface area contributed by atoms with Crippen molar-refractivity contribution in [1.29, 1.82) is 0 Å². The van der Waals surface area contributed by atoms with Crippen molar-refractivity contribution in [3.63, 3.8) is 0 Å². The van der Waals surface area contributed by atoms with Crippen LogP contribution >= 0.6 is 11.3 Å². The minimum absolute atomic E-state index is 0.715. The maximum atomic E-state index is 4.71. The summed E-state index contributed by atoms with van der Waals surface area (Å²) < 4.78 is 1.31. The van der Waals surface area contributed by atoms with E-state index in [1.807, 2.05) is 11.3 Å². The highest BCUT2D eigenvalue weighted by molar-refractivity contribution is 7.18. The third kappa shape index (κ3) is 2.48. The van der Waals surface area contributed by atoms with Crippen LogP contribution in [0.25, 0.3) is 10.2 Å². The molecule has 4 heteroatoms. The average molecular weight is 287 g/mol. The summed E-state index contributed by atoms with van der Waals surface area (Å²) in [5.41, 5.74) is 1.15. The molecular weight excluding hydrogens is 266 g/mol. The van der Waals surface area contributed by atoms with Crippen LogP contribution in [0.15, 0.2) is 24.3 Å². The lowest BCUT2D eigenvalue weighted by Crippen LogP contribution is -2.56. The fourth-order valence-electron chi connectivity index (χ4n) is 3.59. The first-order chi connectivity index (χ1) is 9.88. The number of para-hydroxylation sites is 1. The molecule has 2 aromatic rings. The van der Waals surface area contributed by atoms with Gasteiger partial charge in [-0.25, -0.2) is 4.98 Å². The van der Waals surface area contributed by atoms with E-state index in [1.54, 1.807) is 0 Å². The molecule has 1 aromatic heterocycles. The van der Waals surface area contributed by atoms with E-state index >= 15 is 0 Å². The molecule has 1 N–H and O–H groups in total. The molecule has 3 saturated heterocycles. The van der Waals surface area contributed by atoms with Gasteiger partial charge in [-0.3, -0.25) is 0 Å². The van der Waals surface area contributed by atoms with Crippen LogP contribution in [0.2, 0.25) is 0 Å². The fraction of sp³-hybridized carbons (Fsp3) is 0.562. The minimum atomic E-state index is 0.715. The highest BCUT2D eigenvalue weighted by Crippen LogP contribution is 2.27. The summed E-state index contributed by atoms with van der Waals surface area (Å²) in [6, 6.07) is 9.15. The first kappa shape index (κ1) is 12.7. The zero-order chi connectivity index (χ0) is 13.4. The Morgan fingerprint density at radius 1 is 1.25 bits per heavy atom. The summed E-state index contributed by atoms with van der Waals surface area (Å²) in [5.74, 6) is 0.912. The van der Waals surface area contributed by atoms with Crippen LogP contribution in [0.1, 0.15) is 17.8 Å². The predicted octanol–water partition coefficient (Wildman–Crippen LogP) is 2.52. The van der Waals surface area contributed by atoms with Crippen LogP contribution in [0.5, 0.6) is 0 Å². The summed E-state index contributed by atoms with van der Waals surface area (Å²) in [6.07, 6.45) is 3.83. The average Bonchev–Trinajstić information content (AvgIpc) is 2.91. The summed E-state index contributed by atoms with van der Waals surface area (Å²) in [6.45, 7) is 4.96. The van der Waals surface area contributed by atoms with Crippen LogP contribution in [0, 0.1) is 5.92 Å². The Kier molecular flexibility index (Phi) is 3.46. The lowest BCUT2D eigenvalue weighted by molar-refractivity contribution is 0.0731. The van der Waals surface area contributed by atoms with E-state index in [-0.39, 0.29) is 0 Å². The van der Waals surface area contributed by atoms with Crippen molar-refractivity contribution < 1.29 is 0 Å². The number of rotatable bonds is 4. The van der Waals surface area contributed by atoms with E-state index in [9.17, 15) is 0 Å². The van der Waals surface area contributed by atoms with Crippen LogP contribution in [0.3, 0.4) is 0 Å². The van der Waals surface area contributed by atoms with Crippen LogP contribution in [-0.2, 0) is 6.42 Å². The predicted molar refractivity (Wildman–Crippen MR) is 84.3 cm³/mol. The SMILES string of the molecule is c1ccc2sc(CCNC3CN4CCC3CC4)nc2c1. The summed E-state index contributed by atoms with van der Waals surface area (Å²) in [5, 5.41) is 5.03. The first-order valence-corrected chi connectivity index (χ1v) is 8.50. The van der Waals surface area contributed by atoms with Crippen molar-refractivity contribution in [2.45, 2.75) is 25.3 Å². The highest BCUT2D eigenvalue weighted by Gasteiger charge is 2.33. The molecule has 3 aliphatic rings. The van der Waals surface area contributed by atoms with Crippen molar-refractivity contribution in [2.75, 3.05) is 26.2 Å². The topological polar surface area (TPSA) is 28.2 Å². The van der Waals surface area contributed by atoms with E-state index in [0.29, 0.717) is 6.04 Å². The molecule has 3 nitrogen and oxygen atoms in total. The quantitative estimate of drug-likeness (QED) is 0.936. The lowest BCUT2D eigenvalue weighted by atomic mass is 9.84. The number of nitrogens with zero attached hydrogens (tertiary/aromatic N) is 2. The summed E-state index contributed by atoms with van der Waals surface area (Å²) in [7, 11) is 0. The molecule has 1 atom stereocenters. The third-order valence-electron chi connectivity index (χ3n) is 4.74. The number of piperidine rings is 3. The normalized spacial score (nSPS) is 29.1. The number of hydrogen-bond donors (Lipinski definition) is 1.